The van der Waals surface area contributed by atoms with E-state index in [9.17, 15) is 13.2 Å². The van der Waals surface area contributed by atoms with E-state index in [1.807, 2.05) is 31.2 Å². The zero-order valence-corrected chi connectivity index (χ0v) is 11.6. The molecular formula is C16H16F3NO. The van der Waals surface area contributed by atoms with Crippen LogP contribution in [0.15, 0.2) is 36.4 Å². The Morgan fingerprint density at radius 3 is 2.19 bits per heavy atom. The summed E-state index contributed by atoms with van der Waals surface area (Å²) in [4.78, 5) is 0. The molecule has 0 heterocycles. The minimum Gasteiger partial charge on any atom is -0.494 e. The average Bonchev–Trinajstić information content (AvgIpc) is 2.49. The molecule has 0 atom stereocenters. The fourth-order valence-electron chi connectivity index (χ4n) is 1.79. The van der Waals surface area contributed by atoms with Crippen LogP contribution in [0.2, 0.25) is 0 Å². The summed E-state index contributed by atoms with van der Waals surface area (Å²) < 4.78 is 44.4. The maximum atomic E-state index is 13.1. The number of benzene rings is 2. The molecule has 0 aromatic heterocycles. The van der Waals surface area contributed by atoms with Crippen LogP contribution in [0.3, 0.4) is 0 Å². The average molecular weight is 295 g/mol. The van der Waals surface area contributed by atoms with Crippen LogP contribution >= 0.6 is 0 Å². The summed E-state index contributed by atoms with van der Waals surface area (Å²) >= 11 is 0. The fraction of sp³-hybridized carbons (Fsp3) is 0.250. The Balaban J connectivity index is 1.96. The molecule has 2 aromatic rings. The van der Waals surface area contributed by atoms with Gasteiger partial charge in [-0.05, 0) is 24.1 Å². The van der Waals surface area contributed by atoms with Gasteiger partial charge in [-0.3, -0.25) is 0 Å². The molecule has 112 valence electrons. The number of rotatable bonds is 6. The molecule has 0 radical (unpaired) electrons. The van der Waals surface area contributed by atoms with Gasteiger partial charge in [0.2, 0.25) is 0 Å². The first kappa shape index (κ1) is 15.2. The number of hydrogen-bond acceptors (Lipinski definition) is 2. The van der Waals surface area contributed by atoms with Gasteiger partial charge in [0.1, 0.15) is 5.75 Å². The molecule has 5 heteroatoms. The number of halogens is 3. The van der Waals surface area contributed by atoms with Crippen molar-refractivity contribution >= 4 is 5.69 Å². The maximum Gasteiger partial charge on any atom is 0.194 e. The predicted octanol–water partition coefficient (Wildman–Crippen LogP) is 4.50. The van der Waals surface area contributed by atoms with Gasteiger partial charge < -0.3 is 10.1 Å². The number of hydrogen-bond donors (Lipinski definition) is 1. The molecule has 0 unspecified atom stereocenters. The van der Waals surface area contributed by atoms with Gasteiger partial charge in [0.25, 0.3) is 0 Å². The second-order valence-corrected chi connectivity index (χ2v) is 4.60. The zero-order valence-electron chi connectivity index (χ0n) is 11.6. The van der Waals surface area contributed by atoms with Gasteiger partial charge >= 0.3 is 0 Å². The van der Waals surface area contributed by atoms with Crippen molar-refractivity contribution in [2.24, 2.45) is 0 Å². The van der Waals surface area contributed by atoms with Crippen molar-refractivity contribution in [3.63, 3.8) is 0 Å². The number of ether oxygens (including phenoxy) is 1. The lowest BCUT2D eigenvalue weighted by molar-refractivity contribution is 0.317. The molecule has 0 aliphatic heterocycles. The second-order valence-electron chi connectivity index (χ2n) is 4.60. The van der Waals surface area contributed by atoms with Crippen LogP contribution in [0.4, 0.5) is 18.9 Å². The first-order chi connectivity index (χ1) is 10.1. The van der Waals surface area contributed by atoms with E-state index in [0.29, 0.717) is 13.2 Å². The third-order valence-electron chi connectivity index (χ3n) is 2.88. The first-order valence-electron chi connectivity index (χ1n) is 6.70. The molecule has 0 saturated carbocycles. The molecule has 21 heavy (non-hydrogen) atoms. The molecule has 0 aliphatic carbocycles. The minimum absolute atomic E-state index is 0.192. The third-order valence-corrected chi connectivity index (χ3v) is 2.88. The summed E-state index contributed by atoms with van der Waals surface area (Å²) in [6, 6.07) is 9.23. The van der Waals surface area contributed by atoms with E-state index in [4.69, 9.17) is 4.74 Å². The highest BCUT2D eigenvalue weighted by Gasteiger charge is 2.10. The Kier molecular flexibility index (Phi) is 5.09. The lowest BCUT2D eigenvalue weighted by Gasteiger charge is -2.09. The number of anilines is 1. The fourth-order valence-corrected chi connectivity index (χ4v) is 1.79. The maximum absolute atomic E-state index is 13.1. The molecule has 2 nitrogen and oxygen atoms in total. The van der Waals surface area contributed by atoms with Crippen LogP contribution in [-0.4, -0.2) is 6.61 Å². The minimum atomic E-state index is -1.46. The van der Waals surface area contributed by atoms with Crippen molar-refractivity contribution in [3.05, 3.63) is 59.4 Å². The second kappa shape index (κ2) is 7.02. The molecule has 2 rings (SSSR count). The SMILES string of the molecule is CCCOc1ccc(CNc2cc(F)c(F)c(F)c2)cc1. The molecule has 0 fully saturated rings. The summed E-state index contributed by atoms with van der Waals surface area (Å²) in [7, 11) is 0. The summed E-state index contributed by atoms with van der Waals surface area (Å²) in [5.74, 6) is -3.10. The van der Waals surface area contributed by atoms with E-state index >= 15 is 0 Å². The summed E-state index contributed by atoms with van der Waals surface area (Å²) in [6.07, 6.45) is 0.936. The Bertz CT molecular complexity index is 576. The first-order valence-corrected chi connectivity index (χ1v) is 6.70. The van der Waals surface area contributed by atoms with Crippen LogP contribution in [0.1, 0.15) is 18.9 Å². The van der Waals surface area contributed by atoms with Crippen LogP contribution in [0.5, 0.6) is 5.75 Å². The predicted molar refractivity (Wildman–Crippen MR) is 75.9 cm³/mol. The summed E-state index contributed by atoms with van der Waals surface area (Å²) in [5.41, 5.74) is 1.11. The van der Waals surface area contributed by atoms with Crippen LogP contribution in [-0.2, 0) is 6.54 Å². The lowest BCUT2D eigenvalue weighted by Crippen LogP contribution is -2.02. The molecule has 1 N–H and O–H groups in total. The molecule has 0 bridgehead atoms. The van der Waals surface area contributed by atoms with E-state index in [1.54, 1.807) is 0 Å². The quantitative estimate of drug-likeness (QED) is 0.792. The van der Waals surface area contributed by atoms with Gasteiger partial charge in [0.05, 0.1) is 6.61 Å². The standard InChI is InChI=1S/C16H16F3NO/c1-2-7-21-13-5-3-11(4-6-13)10-20-12-8-14(17)16(19)15(18)9-12/h3-6,8-9,20H,2,7,10H2,1H3. The Morgan fingerprint density at radius 2 is 1.62 bits per heavy atom. The van der Waals surface area contributed by atoms with Gasteiger partial charge in [-0.1, -0.05) is 19.1 Å². The van der Waals surface area contributed by atoms with Gasteiger partial charge in [0.15, 0.2) is 17.5 Å². The Hall–Kier alpha value is -2.17. The van der Waals surface area contributed by atoms with Crippen LogP contribution in [0.25, 0.3) is 0 Å². The van der Waals surface area contributed by atoms with Gasteiger partial charge in [-0.25, -0.2) is 13.2 Å². The van der Waals surface area contributed by atoms with Crippen LogP contribution < -0.4 is 10.1 Å². The van der Waals surface area contributed by atoms with Gasteiger partial charge in [-0.15, -0.1) is 0 Å². The van der Waals surface area contributed by atoms with Gasteiger partial charge in [-0.2, -0.15) is 0 Å². The Labute approximate surface area is 121 Å². The van der Waals surface area contributed by atoms with Crippen molar-refractivity contribution in [3.8, 4) is 5.75 Å². The summed E-state index contributed by atoms with van der Waals surface area (Å²) in [5, 5.41) is 2.84. The highest BCUT2D eigenvalue weighted by atomic mass is 19.2. The normalized spacial score (nSPS) is 10.5. The monoisotopic (exact) mass is 295 g/mol. The van der Waals surface area contributed by atoms with Gasteiger partial charge in [0, 0.05) is 24.4 Å². The Morgan fingerprint density at radius 1 is 1.00 bits per heavy atom. The molecule has 0 aliphatic rings. The van der Waals surface area contributed by atoms with E-state index in [1.165, 1.54) is 0 Å². The molecule has 0 spiro atoms. The van der Waals surface area contributed by atoms with Crippen molar-refractivity contribution < 1.29 is 17.9 Å². The van der Waals surface area contributed by atoms with E-state index in [0.717, 1.165) is 29.9 Å². The highest BCUT2D eigenvalue weighted by Crippen LogP contribution is 2.19. The van der Waals surface area contributed by atoms with E-state index < -0.39 is 17.5 Å². The smallest absolute Gasteiger partial charge is 0.194 e. The molecule has 2 aromatic carbocycles. The third kappa shape index (κ3) is 4.15. The molecular weight excluding hydrogens is 279 g/mol. The number of nitrogens with one attached hydrogen (secondary N) is 1. The molecule has 0 amide bonds. The zero-order chi connectivity index (χ0) is 15.2. The van der Waals surface area contributed by atoms with Crippen LogP contribution in [0, 0.1) is 17.5 Å². The topological polar surface area (TPSA) is 21.3 Å². The van der Waals surface area contributed by atoms with Crippen molar-refractivity contribution in [2.75, 3.05) is 11.9 Å². The highest BCUT2D eigenvalue weighted by molar-refractivity contribution is 5.45. The summed E-state index contributed by atoms with van der Waals surface area (Å²) in [6.45, 7) is 3.06. The van der Waals surface area contributed by atoms with E-state index in [2.05, 4.69) is 5.32 Å². The van der Waals surface area contributed by atoms with Crippen molar-refractivity contribution in [1.29, 1.82) is 0 Å². The largest absolute Gasteiger partial charge is 0.494 e. The molecule has 0 saturated heterocycles. The van der Waals surface area contributed by atoms with Crippen molar-refractivity contribution in [1.82, 2.24) is 0 Å². The van der Waals surface area contributed by atoms with Crippen molar-refractivity contribution in [2.45, 2.75) is 19.9 Å². The van der Waals surface area contributed by atoms with E-state index in [-0.39, 0.29) is 5.69 Å². The lowest BCUT2D eigenvalue weighted by atomic mass is 10.2.